The van der Waals surface area contributed by atoms with Crippen LogP contribution in [0.5, 0.6) is 0 Å². The Bertz CT molecular complexity index is 743. The number of nitrogens with one attached hydrogen (secondary N) is 1. The minimum Gasteiger partial charge on any atom is -0.375 e. The first-order chi connectivity index (χ1) is 12.6. The van der Waals surface area contributed by atoms with Gasteiger partial charge in [-0.25, -0.2) is 0 Å². The van der Waals surface area contributed by atoms with Gasteiger partial charge in [-0.3, -0.25) is 19.2 Å². The first-order valence-electron chi connectivity index (χ1n) is 9.58. The molecule has 0 unspecified atom stereocenters. The number of amides is 2. The monoisotopic (exact) mass is 359 g/mol. The molecule has 3 atom stereocenters. The van der Waals surface area contributed by atoms with Gasteiger partial charge < -0.3 is 15.0 Å². The molecular weight excluding hydrogens is 334 g/mol. The molecule has 0 aromatic carbocycles. The highest BCUT2D eigenvalue weighted by molar-refractivity contribution is 5.98. The minimum atomic E-state index is -0.188. The zero-order valence-corrected chi connectivity index (χ0v) is 15.1. The molecular formula is C18H25N5O3. The highest BCUT2D eigenvalue weighted by Crippen LogP contribution is 2.37. The minimum absolute atomic E-state index is 0.0796. The number of hydrogen-bond donors (Lipinski definition) is 1. The van der Waals surface area contributed by atoms with Gasteiger partial charge >= 0.3 is 0 Å². The van der Waals surface area contributed by atoms with Gasteiger partial charge in [-0.2, -0.15) is 5.10 Å². The van der Waals surface area contributed by atoms with Gasteiger partial charge in [0.1, 0.15) is 5.69 Å². The molecule has 0 radical (unpaired) electrons. The largest absolute Gasteiger partial charge is 0.375 e. The Hall–Kier alpha value is -1.93. The molecule has 8 nitrogen and oxygen atoms in total. The van der Waals surface area contributed by atoms with Gasteiger partial charge in [0.2, 0.25) is 0 Å². The number of likely N-dealkylation sites (N-methyl/N-ethyl adjacent to an activating group) is 1. The van der Waals surface area contributed by atoms with Crippen molar-refractivity contribution < 1.29 is 14.3 Å². The van der Waals surface area contributed by atoms with Crippen molar-refractivity contribution in [2.24, 2.45) is 5.92 Å². The van der Waals surface area contributed by atoms with E-state index >= 15 is 0 Å². The number of carbonyl (C=O) groups is 2. The Morgan fingerprint density at radius 3 is 2.96 bits per heavy atom. The Balaban J connectivity index is 1.23. The van der Waals surface area contributed by atoms with E-state index in [9.17, 15) is 9.59 Å². The van der Waals surface area contributed by atoms with Crippen molar-refractivity contribution >= 4 is 11.8 Å². The van der Waals surface area contributed by atoms with Crippen LogP contribution in [0.25, 0.3) is 0 Å². The standard InChI is InChI=1S/C18H25N5O3/c1-21-4-5-23-15(18(21)25)7-14(20-23)17(24)19-12-6-13-10-26-16(11-2-3-11)9-22(13)8-12/h7,11-13,16H,2-6,8-10H2,1H3,(H,19,24)/t12-,13+,16-/m1/s1. The number of ether oxygens (including phenoxy) is 1. The van der Waals surface area contributed by atoms with Crippen LogP contribution in [0.3, 0.4) is 0 Å². The predicted octanol–water partition coefficient (Wildman–Crippen LogP) is -0.0498. The lowest BCUT2D eigenvalue weighted by molar-refractivity contribution is -0.0581. The van der Waals surface area contributed by atoms with E-state index in [1.807, 2.05) is 0 Å². The lowest BCUT2D eigenvalue weighted by atomic mass is 10.1. The smallest absolute Gasteiger partial charge is 0.272 e. The highest BCUT2D eigenvalue weighted by Gasteiger charge is 2.42. The van der Waals surface area contributed by atoms with Crippen molar-refractivity contribution in [2.75, 3.05) is 33.3 Å². The number of hydrogen-bond acceptors (Lipinski definition) is 5. The van der Waals surface area contributed by atoms with E-state index in [0.717, 1.165) is 32.0 Å². The summed E-state index contributed by atoms with van der Waals surface area (Å²) >= 11 is 0. The maximum absolute atomic E-state index is 12.6. The van der Waals surface area contributed by atoms with Crippen molar-refractivity contribution in [1.29, 1.82) is 0 Å². The molecule has 5 rings (SSSR count). The second-order valence-corrected chi connectivity index (χ2v) is 8.09. The van der Waals surface area contributed by atoms with Gasteiger partial charge in [-0.05, 0) is 25.2 Å². The summed E-state index contributed by atoms with van der Waals surface area (Å²) in [6.07, 6.45) is 3.88. The van der Waals surface area contributed by atoms with Crippen LogP contribution in [0.15, 0.2) is 6.07 Å². The van der Waals surface area contributed by atoms with Crippen LogP contribution in [0.2, 0.25) is 0 Å². The van der Waals surface area contributed by atoms with Crippen LogP contribution in [0.1, 0.15) is 40.2 Å². The van der Waals surface area contributed by atoms with Crippen molar-refractivity contribution in [3.8, 4) is 0 Å². The van der Waals surface area contributed by atoms with E-state index in [1.54, 1.807) is 22.7 Å². The van der Waals surface area contributed by atoms with E-state index < -0.39 is 0 Å². The lowest BCUT2D eigenvalue weighted by Gasteiger charge is -2.35. The molecule has 3 fully saturated rings. The van der Waals surface area contributed by atoms with Crippen LogP contribution in [-0.2, 0) is 11.3 Å². The third-order valence-electron chi connectivity index (χ3n) is 6.15. The molecule has 26 heavy (non-hydrogen) atoms. The lowest BCUT2D eigenvalue weighted by Crippen LogP contribution is -2.47. The zero-order valence-electron chi connectivity index (χ0n) is 15.1. The fourth-order valence-electron chi connectivity index (χ4n) is 4.43. The Kier molecular flexibility index (Phi) is 3.79. The van der Waals surface area contributed by atoms with Gasteiger partial charge in [0.05, 0.1) is 19.3 Å². The van der Waals surface area contributed by atoms with E-state index in [1.165, 1.54) is 12.8 Å². The topological polar surface area (TPSA) is 79.7 Å². The molecule has 0 bridgehead atoms. The number of morpholine rings is 1. The maximum atomic E-state index is 12.6. The van der Waals surface area contributed by atoms with Gasteiger partial charge in [0.15, 0.2) is 5.69 Å². The molecule has 140 valence electrons. The molecule has 3 aliphatic heterocycles. The van der Waals surface area contributed by atoms with Crippen LogP contribution in [0, 0.1) is 5.92 Å². The molecule has 8 heteroatoms. The molecule has 0 spiro atoms. The number of fused-ring (bicyclic) bond motifs is 2. The van der Waals surface area contributed by atoms with Gasteiger partial charge in [-0.15, -0.1) is 0 Å². The first-order valence-corrected chi connectivity index (χ1v) is 9.58. The average Bonchev–Trinajstić information content (AvgIpc) is 3.25. The Morgan fingerprint density at radius 2 is 2.15 bits per heavy atom. The van der Waals surface area contributed by atoms with Crippen molar-refractivity contribution in [3.63, 3.8) is 0 Å². The van der Waals surface area contributed by atoms with Crippen molar-refractivity contribution in [1.82, 2.24) is 24.9 Å². The molecule has 4 aliphatic rings. The summed E-state index contributed by atoms with van der Waals surface area (Å²) in [4.78, 5) is 28.9. The summed E-state index contributed by atoms with van der Waals surface area (Å²) in [5.41, 5.74) is 0.828. The van der Waals surface area contributed by atoms with Gasteiger partial charge in [0, 0.05) is 44.8 Å². The summed E-state index contributed by atoms with van der Waals surface area (Å²) in [5.74, 6) is 0.480. The number of nitrogens with zero attached hydrogens (tertiary/aromatic N) is 4. The highest BCUT2D eigenvalue weighted by atomic mass is 16.5. The molecule has 1 N–H and O–H groups in total. The Morgan fingerprint density at radius 1 is 1.31 bits per heavy atom. The second-order valence-electron chi connectivity index (χ2n) is 8.09. The van der Waals surface area contributed by atoms with Gasteiger partial charge in [-0.1, -0.05) is 0 Å². The number of aromatic nitrogens is 2. The van der Waals surface area contributed by atoms with E-state index in [4.69, 9.17) is 4.74 Å². The van der Waals surface area contributed by atoms with Crippen LogP contribution in [0.4, 0.5) is 0 Å². The maximum Gasteiger partial charge on any atom is 0.272 e. The molecule has 1 saturated carbocycles. The molecule has 1 aromatic heterocycles. The fraction of sp³-hybridized carbons (Fsp3) is 0.722. The Labute approximate surface area is 152 Å². The van der Waals surface area contributed by atoms with E-state index in [-0.39, 0.29) is 17.9 Å². The summed E-state index contributed by atoms with van der Waals surface area (Å²) in [5, 5.41) is 7.44. The second kappa shape index (κ2) is 6.06. The van der Waals surface area contributed by atoms with Crippen LogP contribution >= 0.6 is 0 Å². The normalized spacial score (nSPS) is 31.7. The SMILES string of the molecule is CN1CCn2nc(C(=O)N[C@@H]3C[C@H]4CO[C@@H](C5CC5)CN4C3)cc2C1=O. The molecule has 1 aliphatic carbocycles. The zero-order chi connectivity index (χ0) is 17.8. The van der Waals surface area contributed by atoms with Crippen molar-refractivity contribution in [3.05, 3.63) is 17.5 Å². The summed E-state index contributed by atoms with van der Waals surface area (Å²) in [6, 6.07) is 2.13. The molecule has 2 saturated heterocycles. The predicted molar refractivity (Wildman–Crippen MR) is 92.9 cm³/mol. The summed E-state index contributed by atoms with van der Waals surface area (Å²) in [6.45, 7) is 3.88. The average molecular weight is 359 g/mol. The summed E-state index contributed by atoms with van der Waals surface area (Å²) < 4.78 is 7.66. The number of rotatable bonds is 3. The molecule has 1 aromatic rings. The van der Waals surface area contributed by atoms with E-state index in [0.29, 0.717) is 36.6 Å². The fourth-order valence-corrected chi connectivity index (χ4v) is 4.43. The third kappa shape index (κ3) is 2.81. The summed E-state index contributed by atoms with van der Waals surface area (Å²) in [7, 11) is 1.77. The van der Waals surface area contributed by atoms with Crippen molar-refractivity contribution in [2.45, 2.75) is 44.0 Å². The van der Waals surface area contributed by atoms with E-state index in [2.05, 4.69) is 15.3 Å². The third-order valence-corrected chi connectivity index (χ3v) is 6.15. The van der Waals surface area contributed by atoms with Crippen LogP contribution in [-0.4, -0.2) is 82.9 Å². The molecule has 4 heterocycles. The molecule has 2 amide bonds. The quantitative estimate of drug-likeness (QED) is 0.819. The van der Waals surface area contributed by atoms with Gasteiger partial charge in [0.25, 0.3) is 11.8 Å². The van der Waals surface area contributed by atoms with Crippen LogP contribution < -0.4 is 5.32 Å². The number of carbonyl (C=O) groups excluding carboxylic acids is 2. The first kappa shape index (κ1) is 16.3.